The van der Waals surface area contributed by atoms with Crippen LogP contribution in [-0.2, 0) is 22.6 Å². The molecule has 4 rings (SSSR count). The van der Waals surface area contributed by atoms with Crippen LogP contribution in [0.5, 0.6) is 5.75 Å². The van der Waals surface area contributed by atoms with Crippen LogP contribution in [-0.4, -0.2) is 36.4 Å². The second-order valence-corrected chi connectivity index (χ2v) is 8.83. The Kier molecular flexibility index (Phi) is 6.27. The number of carbonyl (C=O) groups excluding carboxylic acids is 2. The third-order valence-corrected chi connectivity index (χ3v) is 6.61. The van der Waals surface area contributed by atoms with E-state index in [1.165, 1.54) is 4.88 Å². The number of fused-ring (bicyclic) bond motifs is 1. The van der Waals surface area contributed by atoms with E-state index in [4.69, 9.17) is 4.74 Å². The monoisotopic (exact) mass is 426 g/mol. The number of carbonyl (C=O) groups is 2. The first-order valence-corrected chi connectivity index (χ1v) is 11.3. The summed E-state index contributed by atoms with van der Waals surface area (Å²) in [5.41, 5.74) is 0.665. The second-order valence-electron chi connectivity index (χ2n) is 6.77. The Morgan fingerprint density at radius 2 is 1.79 bits per heavy atom. The van der Waals surface area contributed by atoms with Crippen molar-refractivity contribution in [2.75, 3.05) is 24.6 Å². The van der Waals surface area contributed by atoms with Crippen molar-refractivity contribution in [3.8, 4) is 5.75 Å². The number of benzene rings is 1. The zero-order valence-corrected chi connectivity index (χ0v) is 17.6. The van der Waals surface area contributed by atoms with Crippen molar-refractivity contribution in [2.24, 2.45) is 0 Å². The zero-order valence-electron chi connectivity index (χ0n) is 16.0. The predicted molar refractivity (Wildman–Crippen MR) is 117 cm³/mol. The highest BCUT2D eigenvalue weighted by atomic mass is 32.1. The molecule has 1 aliphatic rings. The van der Waals surface area contributed by atoms with E-state index in [9.17, 15) is 9.59 Å². The van der Waals surface area contributed by atoms with Crippen LogP contribution in [0.25, 0.3) is 0 Å². The van der Waals surface area contributed by atoms with E-state index in [-0.39, 0.29) is 24.8 Å². The molecule has 2 amide bonds. The molecule has 0 saturated carbocycles. The van der Waals surface area contributed by atoms with Gasteiger partial charge in [0, 0.05) is 16.3 Å². The Bertz CT molecular complexity index is 954. The summed E-state index contributed by atoms with van der Waals surface area (Å²) in [5.74, 6) is 0.507. The standard InChI is InChI=1S/C22H22N2O3S2/c25-21-10-12-27-20-8-2-1-7-19(20)24(21)16-22(26)23(15-18-6-4-14-29-18)11-9-17-5-3-13-28-17/h1-8,13-14H,9-12,15-16H2. The quantitative estimate of drug-likeness (QED) is 0.569. The van der Waals surface area contributed by atoms with Crippen LogP contribution in [0.3, 0.4) is 0 Å². The molecule has 0 saturated heterocycles. The molecular formula is C22H22N2O3S2. The number of nitrogens with zero attached hydrogens (tertiary/aromatic N) is 2. The molecule has 29 heavy (non-hydrogen) atoms. The van der Waals surface area contributed by atoms with E-state index in [1.54, 1.807) is 27.6 Å². The van der Waals surface area contributed by atoms with Gasteiger partial charge < -0.3 is 9.64 Å². The molecule has 0 aliphatic carbocycles. The number of hydrogen-bond acceptors (Lipinski definition) is 5. The van der Waals surface area contributed by atoms with Crippen LogP contribution in [0.1, 0.15) is 16.2 Å². The van der Waals surface area contributed by atoms with Crippen molar-refractivity contribution >= 4 is 40.2 Å². The van der Waals surface area contributed by atoms with Gasteiger partial charge in [0.05, 0.1) is 25.3 Å². The number of para-hydroxylation sites is 2. The van der Waals surface area contributed by atoms with Crippen molar-refractivity contribution in [2.45, 2.75) is 19.4 Å². The minimum atomic E-state index is -0.0855. The Morgan fingerprint density at radius 1 is 1.03 bits per heavy atom. The van der Waals surface area contributed by atoms with Gasteiger partial charge in [0.2, 0.25) is 11.8 Å². The molecule has 0 spiro atoms. The molecule has 7 heteroatoms. The van der Waals surface area contributed by atoms with Crippen LogP contribution < -0.4 is 9.64 Å². The summed E-state index contributed by atoms with van der Waals surface area (Å²) in [7, 11) is 0. The molecule has 0 radical (unpaired) electrons. The van der Waals surface area contributed by atoms with E-state index >= 15 is 0 Å². The molecule has 0 bridgehead atoms. The van der Waals surface area contributed by atoms with E-state index in [0.29, 0.717) is 31.1 Å². The normalized spacial score (nSPS) is 13.5. The summed E-state index contributed by atoms with van der Waals surface area (Å²) in [6.45, 7) is 1.53. The number of hydrogen-bond donors (Lipinski definition) is 0. The maximum Gasteiger partial charge on any atom is 0.242 e. The van der Waals surface area contributed by atoms with Crippen molar-refractivity contribution < 1.29 is 14.3 Å². The number of ether oxygens (including phenoxy) is 1. The van der Waals surface area contributed by atoms with Gasteiger partial charge in [-0.05, 0) is 41.4 Å². The van der Waals surface area contributed by atoms with Gasteiger partial charge in [-0.1, -0.05) is 24.3 Å². The van der Waals surface area contributed by atoms with Crippen molar-refractivity contribution in [1.29, 1.82) is 0 Å². The summed E-state index contributed by atoms with van der Waals surface area (Å²) in [6.07, 6.45) is 1.07. The first kappa shape index (κ1) is 19.7. The van der Waals surface area contributed by atoms with E-state index < -0.39 is 0 Å². The zero-order chi connectivity index (χ0) is 20.1. The molecule has 2 aromatic heterocycles. The summed E-state index contributed by atoms with van der Waals surface area (Å²) < 4.78 is 5.69. The maximum absolute atomic E-state index is 13.3. The molecule has 0 unspecified atom stereocenters. The summed E-state index contributed by atoms with van der Waals surface area (Å²) in [6, 6.07) is 15.6. The molecule has 3 aromatic rings. The molecule has 3 heterocycles. The highest BCUT2D eigenvalue weighted by Crippen LogP contribution is 2.31. The van der Waals surface area contributed by atoms with Gasteiger partial charge in [0.1, 0.15) is 12.3 Å². The van der Waals surface area contributed by atoms with Crippen LogP contribution in [0.2, 0.25) is 0 Å². The first-order valence-electron chi connectivity index (χ1n) is 9.55. The van der Waals surface area contributed by atoms with Gasteiger partial charge in [-0.2, -0.15) is 0 Å². The lowest BCUT2D eigenvalue weighted by Crippen LogP contribution is -2.43. The van der Waals surface area contributed by atoms with Gasteiger partial charge >= 0.3 is 0 Å². The van der Waals surface area contributed by atoms with E-state index in [2.05, 4.69) is 6.07 Å². The van der Waals surface area contributed by atoms with Crippen molar-refractivity contribution in [1.82, 2.24) is 4.90 Å². The highest BCUT2D eigenvalue weighted by molar-refractivity contribution is 7.10. The Labute approximate surface area is 178 Å². The Morgan fingerprint density at radius 3 is 2.55 bits per heavy atom. The molecule has 0 N–H and O–H groups in total. The Hall–Kier alpha value is -2.64. The molecular weight excluding hydrogens is 404 g/mol. The van der Waals surface area contributed by atoms with Gasteiger partial charge in [0.25, 0.3) is 0 Å². The van der Waals surface area contributed by atoms with Crippen LogP contribution in [0, 0.1) is 0 Å². The minimum absolute atomic E-state index is 0.0228. The number of anilines is 1. The summed E-state index contributed by atoms with van der Waals surface area (Å²) >= 11 is 3.34. The van der Waals surface area contributed by atoms with E-state index in [0.717, 1.165) is 11.3 Å². The molecule has 5 nitrogen and oxygen atoms in total. The summed E-state index contributed by atoms with van der Waals surface area (Å²) in [4.78, 5) is 31.7. The lowest BCUT2D eigenvalue weighted by atomic mass is 10.2. The van der Waals surface area contributed by atoms with Gasteiger partial charge in [-0.25, -0.2) is 0 Å². The second kappa shape index (κ2) is 9.24. The highest BCUT2D eigenvalue weighted by Gasteiger charge is 2.27. The fourth-order valence-electron chi connectivity index (χ4n) is 3.31. The van der Waals surface area contributed by atoms with Gasteiger partial charge in [0.15, 0.2) is 0 Å². The number of amides is 2. The smallest absolute Gasteiger partial charge is 0.242 e. The van der Waals surface area contributed by atoms with Crippen LogP contribution in [0.4, 0.5) is 5.69 Å². The van der Waals surface area contributed by atoms with Gasteiger partial charge in [-0.15, -0.1) is 22.7 Å². The topological polar surface area (TPSA) is 49.9 Å². The largest absolute Gasteiger partial charge is 0.491 e. The predicted octanol–water partition coefficient (Wildman–Crippen LogP) is 4.20. The number of thiophene rings is 2. The third kappa shape index (κ3) is 4.86. The average Bonchev–Trinajstić information content (AvgIpc) is 3.41. The number of rotatable bonds is 7. The lowest BCUT2D eigenvalue weighted by molar-refractivity contribution is -0.132. The van der Waals surface area contributed by atoms with Crippen LogP contribution in [0.15, 0.2) is 59.3 Å². The lowest BCUT2D eigenvalue weighted by Gasteiger charge is -2.27. The maximum atomic E-state index is 13.3. The molecule has 0 fully saturated rings. The molecule has 1 aliphatic heterocycles. The molecule has 0 atom stereocenters. The van der Waals surface area contributed by atoms with Gasteiger partial charge in [-0.3, -0.25) is 14.5 Å². The van der Waals surface area contributed by atoms with Crippen molar-refractivity contribution in [3.63, 3.8) is 0 Å². The Balaban J connectivity index is 1.52. The summed E-state index contributed by atoms with van der Waals surface area (Å²) in [5, 5.41) is 4.07. The minimum Gasteiger partial charge on any atom is -0.491 e. The van der Waals surface area contributed by atoms with Crippen molar-refractivity contribution in [3.05, 3.63) is 69.0 Å². The molecule has 150 valence electrons. The fraction of sp³-hybridized carbons (Fsp3) is 0.273. The average molecular weight is 427 g/mol. The van der Waals surface area contributed by atoms with E-state index in [1.807, 2.05) is 58.1 Å². The third-order valence-electron chi connectivity index (χ3n) is 4.81. The first-order chi connectivity index (χ1) is 14.2. The fourth-order valence-corrected chi connectivity index (χ4v) is 4.73. The van der Waals surface area contributed by atoms with Crippen LogP contribution >= 0.6 is 22.7 Å². The molecule has 1 aromatic carbocycles. The SMILES string of the molecule is O=C(CN1C(=O)CCOc2ccccc21)N(CCc1cccs1)Cc1cccs1.